The Balaban J connectivity index is 2.11. The first-order valence-corrected chi connectivity index (χ1v) is 5.65. The molecule has 0 aliphatic carbocycles. The van der Waals surface area contributed by atoms with E-state index in [0.29, 0.717) is 23.3 Å². The highest BCUT2D eigenvalue weighted by Gasteiger charge is 2.30. The molecule has 0 unspecified atom stereocenters. The van der Waals surface area contributed by atoms with Crippen LogP contribution < -0.4 is 10.6 Å². The highest BCUT2D eigenvalue weighted by molar-refractivity contribution is 6.17. The number of carbonyl (C=O) groups is 3. The van der Waals surface area contributed by atoms with Gasteiger partial charge in [-0.3, -0.25) is 19.7 Å². The summed E-state index contributed by atoms with van der Waals surface area (Å²) in [5.41, 5.74) is 2.28. The number of carbonyl (C=O) groups excluding carboxylic acids is 3. The molecule has 2 N–H and O–H groups in total. The van der Waals surface area contributed by atoms with Gasteiger partial charge < -0.3 is 5.32 Å². The minimum Gasteiger partial charge on any atom is -0.321 e. The molecule has 1 aromatic rings. The molecule has 1 saturated heterocycles. The second-order valence-corrected chi connectivity index (χ2v) is 4.23. The zero-order chi connectivity index (χ0) is 12.7. The lowest BCUT2D eigenvalue weighted by Gasteiger charge is -2.16. The van der Waals surface area contributed by atoms with Crippen molar-refractivity contribution in [2.45, 2.75) is 12.8 Å². The number of rotatable bonds is 0. The fraction of sp³-hybridized carbons (Fsp3) is 0.154. The maximum absolute atomic E-state index is 11.8. The van der Waals surface area contributed by atoms with E-state index in [1.807, 2.05) is 6.07 Å². The highest BCUT2D eigenvalue weighted by atomic mass is 16.2. The Morgan fingerprint density at radius 2 is 1.56 bits per heavy atom. The molecule has 0 aromatic heterocycles. The van der Waals surface area contributed by atoms with Crippen LogP contribution in [-0.4, -0.2) is 17.7 Å². The van der Waals surface area contributed by atoms with Crippen molar-refractivity contribution in [1.29, 1.82) is 0 Å². The molecule has 90 valence electrons. The number of hydrogen-bond donors (Lipinski definition) is 2. The van der Waals surface area contributed by atoms with Gasteiger partial charge in [-0.1, -0.05) is 18.2 Å². The molecule has 0 spiro atoms. The number of fused-ring (bicyclic) bond motifs is 1. The monoisotopic (exact) mass is 242 g/mol. The van der Waals surface area contributed by atoms with Gasteiger partial charge in [0, 0.05) is 23.1 Å². The quantitative estimate of drug-likeness (QED) is 0.516. The van der Waals surface area contributed by atoms with Crippen LogP contribution in [-0.2, 0) is 9.59 Å². The fourth-order valence-corrected chi connectivity index (χ4v) is 2.24. The molecule has 1 fully saturated rings. The van der Waals surface area contributed by atoms with Crippen molar-refractivity contribution in [3.8, 4) is 0 Å². The molecule has 0 saturated carbocycles. The van der Waals surface area contributed by atoms with Crippen LogP contribution in [0.15, 0.2) is 29.8 Å². The van der Waals surface area contributed by atoms with Crippen LogP contribution in [0, 0.1) is 0 Å². The smallest absolute Gasteiger partial charge is 0.256 e. The third-order valence-electron chi connectivity index (χ3n) is 3.11. The van der Waals surface area contributed by atoms with E-state index < -0.39 is 5.91 Å². The van der Waals surface area contributed by atoms with E-state index in [0.717, 1.165) is 5.56 Å². The van der Waals surface area contributed by atoms with Crippen LogP contribution in [0.4, 0.5) is 0 Å². The van der Waals surface area contributed by atoms with Crippen molar-refractivity contribution in [3.05, 3.63) is 41.0 Å². The number of hydrogen-bond acceptors (Lipinski definition) is 3. The summed E-state index contributed by atoms with van der Waals surface area (Å²) in [7, 11) is 0. The first kappa shape index (κ1) is 10.7. The van der Waals surface area contributed by atoms with Crippen molar-refractivity contribution < 1.29 is 14.4 Å². The standard InChI is InChI=1S/C13H10N2O3/c16-10-6-5-9(13(18)14-10)11-7-3-1-2-4-8(7)12(17)15-11/h1-4H,5-6H2,(H,15,17)(H,14,16,18)/b11-9+. The van der Waals surface area contributed by atoms with Gasteiger partial charge >= 0.3 is 0 Å². The first-order valence-electron chi connectivity index (χ1n) is 5.65. The van der Waals surface area contributed by atoms with E-state index in [4.69, 9.17) is 0 Å². The van der Waals surface area contributed by atoms with E-state index in [1.165, 1.54) is 0 Å². The lowest BCUT2D eigenvalue weighted by Crippen LogP contribution is -2.37. The molecule has 0 radical (unpaired) electrons. The molecule has 2 heterocycles. The van der Waals surface area contributed by atoms with Gasteiger partial charge in [-0.25, -0.2) is 0 Å². The molecule has 5 nitrogen and oxygen atoms in total. The van der Waals surface area contributed by atoms with Gasteiger partial charge in [-0.2, -0.15) is 0 Å². The molecule has 2 aliphatic heterocycles. The summed E-state index contributed by atoms with van der Waals surface area (Å²) in [4.78, 5) is 34.6. The summed E-state index contributed by atoms with van der Waals surface area (Å²) in [6.07, 6.45) is 0.622. The van der Waals surface area contributed by atoms with Crippen LogP contribution in [0.2, 0.25) is 0 Å². The molecule has 3 amide bonds. The van der Waals surface area contributed by atoms with Crippen molar-refractivity contribution in [3.63, 3.8) is 0 Å². The minimum absolute atomic E-state index is 0.210. The van der Waals surface area contributed by atoms with E-state index >= 15 is 0 Å². The number of nitrogens with one attached hydrogen (secondary N) is 2. The largest absolute Gasteiger partial charge is 0.321 e. The Morgan fingerprint density at radius 3 is 2.28 bits per heavy atom. The van der Waals surface area contributed by atoms with Gasteiger partial charge in [0.05, 0.1) is 5.70 Å². The average Bonchev–Trinajstić information content (AvgIpc) is 2.68. The Kier molecular flexibility index (Phi) is 2.26. The van der Waals surface area contributed by atoms with E-state index in [9.17, 15) is 14.4 Å². The molecular formula is C13H10N2O3. The molecule has 2 aliphatic rings. The van der Waals surface area contributed by atoms with Crippen molar-refractivity contribution >= 4 is 23.4 Å². The number of benzene rings is 1. The molecule has 5 heteroatoms. The molecule has 0 atom stereocenters. The Bertz CT molecular complexity index is 616. The SMILES string of the molecule is O=C1CC/C(=C2\NC(=O)c3ccccc32)C(=O)N1. The zero-order valence-electron chi connectivity index (χ0n) is 9.45. The van der Waals surface area contributed by atoms with E-state index in [1.54, 1.807) is 18.2 Å². The minimum atomic E-state index is -0.418. The van der Waals surface area contributed by atoms with Gasteiger partial charge in [0.15, 0.2) is 0 Å². The second-order valence-electron chi connectivity index (χ2n) is 4.23. The number of amides is 3. The van der Waals surface area contributed by atoms with Crippen molar-refractivity contribution in [1.82, 2.24) is 10.6 Å². The Labute approximate surface area is 103 Å². The lowest BCUT2D eigenvalue weighted by atomic mass is 9.98. The van der Waals surface area contributed by atoms with Gasteiger partial charge in [0.1, 0.15) is 0 Å². The molecule has 3 rings (SSSR count). The van der Waals surface area contributed by atoms with Crippen molar-refractivity contribution in [2.75, 3.05) is 0 Å². The van der Waals surface area contributed by atoms with Crippen molar-refractivity contribution in [2.24, 2.45) is 0 Å². The Hall–Kier alpha value is -2.43. The van der Waals surface area contributed by atoms with Crippen LogP contribution in [0.1, 0.15) is 28.8 Å². The van der Waals surface area contributed by atoms with Crippen LogP contribution >= 0.6 is 0 Å². The molecule has 1 aromatic carbocycles. The van der Waals surface area contributed by atoms with Crippen LogP contribution in [0.5, 0.6) is 0 Å². The van der Waals surface area contributed by atoms with Crippen LogP contribution in [0.25, 0.3) is 5.70 Å². The molecule has 18 heavy (non-hydrogen) atoms. The van der Waals surface area contributed by atoms with Gasteiger partial charge in [-0.05, 0) is 12.5 Å². The second kappa shape index (κ2) is 3.80. The van der Waals surface area contributed by atoms with Gasteiger partial charge in [-0.15, -0.1) is 0 Å². The Morgan fingerprint density at radius 1 is 0.833 bits per heavy atom. The normalized spacial score (nSPS) is 22.6. The van der Waals surface area contributed by atoms with Gasteiger partial charge in [0.25, 0.3) is 11.8 Å². The highest BCUT2D eigenvalue weighted by Crippen LogP contribution is 2.29. The number of imide groups is 1. The third kappa shape index (κ3) is 1.52. The number of piperidine rings is 1. The summed E-state index contributed by atoms with van der Waals surface area (Å²) in [5, 5.41) is 4.97. The van der Waals surface area contributed by atoms with Gasteiger partial charge in [0.2, 0.25) is 5.91 Å². The van der Waals surface area contributed by atoms with Crippen LogP contribution in [0.3, 0.4) is 0 Å². The maximum atomic E-state index is 11.8. The topological polar surface area (TPSA) is 75.3 Å². The van der Waals surface area contributed by atoms with E-state index in [2.05, 4.69) is 10.6 Å². The van der Waals surface area contributed by atoms with E-state index in [-0.39, 0.29) is 18.2 Å². The fourth-order valence-electron chi connectivity index (χ4n) is 2.24. The summed E-state index contributed by atoms with van der Waals surface area (Å²) in [6, 6.07) is 7.09. The zero-order valence-corrected chi connectivity index (χ0v) is 9.45. The lowest BCUT2D eigenvalue weighted by molar-refractivity contribution is -0.130. The predicted molar refractivity (Wildman–Crippen MR) is 63.2 cm³/mol. The predicted octanol–water partition coefficient (Wildman–Crippen LogP) is 0.578. The molecular weight excluding hydrogens is 232 g/mol. The first-order chi connectivity index (χ1) is 8.66. The summed E-state index contributed by atoms with van der Waals surface area (Å²) in [5.74, 6) is -0.905. The molecule has 0 bridgehead atoms. The summed E-state index contributed by atoms with van der Waals surface area (Å²) < 4.78 is 0. The maximum Gasteiger partial charge on any atom is 0.256 e. The average molecular weight is 242 g/mol. The summed E-state index contributed by atoms with van der Waals surface area (Å²) >= 11 is 0. The summed E-state index contributed by atoms with van der Waals surface area (Å²) in [6.45, 7) is 0. The third-order valence-corrected chi connectivity index (χ3v) is 3.11.